The van der Waals surface area contributed by atoms with Crippen molar-refractivity contribution in [1.82, 2.24) is 0 Å². The van der Waals surface area contributed by atoms with Crippen molar-refractivity contribution in [2.75, 3.05) is 11.5 Å². The number of nitrogen functional groups attached to an aromatic ring is 1. The highest BCUT2D eigenvalue weighted by molar-refractivity contribution is 7.99. The van der Waals surface area contributed by atoms with E-state index in [0.29, 0.717) is 10.6 Å². The van der Waals surface area contributed by atoms with E-state index < -0.39 is 0 Å². The summed E-state index contributed by atoms with van der Waals surface area (Å²) in [6, 6.07) is 4.88. The lowest BCUT2D eigenvalue weighted by atomic mass is 10.1. The molecule has 1 nitrogen and oxygen atoms in total. The number of hydrogen-bond donors (Lipinski definition) is 1. The summed E-state index contributed by atoms with van der Waals surface area (Å²) >= 11 is 1.57. The van der Waals surface area contributed by atoms with E-state index in [2.05, 4.69) is 13.8 Å². The molecule has 0 heterocycles. The number of benzene rings is 1. The van der Waals surface area contributed by atoms with Crippen LogP contribution in [0.25, 0.3) is 0 Å². The highest BCUT2D eigenvalue weighted by atomic mass is 32.2. The first kappa shape index (κ1) is 12.4. The van der Waals surface area contributed by atoms with Crippen molar-refractivity contribution in [2.45, 2.75) is 31.6 Å². The van der Waals surface area contributed by atoms with Gasteiger partial charge in [0.15, 0.2) is 0 Å². The van der Waals surface area contributed by atoms with Gasteiger partial charge in [-0.2, -0.15) is 0 Å². The van der Waals surface area contributed by atoms with E-state index in [4.69, 9.17) is 5.73 Å². The van der Waals surface area contributed by atoms with E-state index >= 15 is 0 Å². The van der Waals surface area contributed by atoms with Gasteiger partial charge in [0, 0.05) is 10.6 Å². The quantitative estimate of drug-likeness (QED) is 0.468. The third kappa shape index (κ3) is 4.56. The minimum atomic E-state index is -0.204. The van der Waals surface area contributed by atoms with E-state index in [1.165, 1.54) is 12.5 Å². The molecular formula is C12H18FNS. The standard InChI is InChI=1S/C12H18FNS/c1-9(2)4-3-7-15-12-6-5-10(14)8-11(12)13/h5-6,8-9H,3-4,7,14H2,1-2H3. The van der Waals surface area contributed by atoms with E-state index in [1.807, 2.05) is 0 Å². The second-order valence-electron chi connectivity index (χ2n) is 4.07. The van der Waals surface area contributed by atoms with Gasteiger partial charge in [-0.15, -0.1) is 11.8 Å². The number of halogens is 1. The molecule has 3 heteroatoms. The molecule has 0 amide bonds. The lowest BCUT2D eigenvalue weighted by Crippen LogP contribution is -1.91. The maximum atomic E-state index is 13.3. The predicted molar refractivity (Wildman–Crippen MR) is 65.6 cm³/mol. The van der Waals surface area contributed by atoms with Crippen LogP contribution in [0.3, 0.4) is 0 Å². The first-order chi connectivity index (χ1) is 7.09. The van der Waals surface area contributed by atoms with Crippen LogP contribution in [0.4, 0.5) is 10.1 Å². The molecular weight excluding hydrogens is 209 g/mol. The Labute approximate surface area is 95.2 Å². The highest BCUT2D eigenvalue weighted by Crippen LogP contribution is 2.24. The van der Waals surface area contributed by atoms with Gasteiger partial charge in [0.05, 0.1) is 0 Å². The molecule has 0 aliphatic rings. The van der Waals surface area contributed by atoms with Gasteiger partial charge in [-0.05, 0) is 36.3 Å². The SMILES string of the molecule is CC(C)CCCSc1ccc(N)cc1F. The first-order valence-corrected chi connectivity index (χ1v) is 6.26. The summed E-state index contributed by atoms with van der Waals surface area (Å²) in [6.07, 6.45) is 2.33. The van der Waals surface area contributed by atoms with Crippen LogP contribution in [0.1, 0.15) is 26.7 Å². The van der Waals surface area contributed by atoms with Gasteiger partial charge in [0.1, 0.15) is 5.82 Å². The lowest BCUT2D eigenvalue weighted by Gasteiger charge is -2.05. The van der Waals surface area contributed by atoms with Crippen LogP contribution in [-0.4, -0.2) is 5.75 Å². The van der Waals surface area contributed by atoms with Crippen LogP contribution in [0.15, 0.2) is 23.1 Å². The Morgan fingerprint density at radius 2 is 2.13 bits per heavy atom. The van der Waals surface area contributed by atoms with E-state index in [9.17, 15) is 4.39 Å². The summed E-state index contributed by atoms with van der Waals surface area (Å²) < 4.78 is 13.3. The third-order valence-corrected chi connectivity index (χ3v) is 3.27. The van der Waals surface area contributed by atoms with Crippen molar-refractivity contribution in [3.05, 3.63) is 24.0 Å². The lowest BCUT2D eigenvalue weighted by molar-refractivity contribution is 0.578. The van der Waals surface area contributed by atoms with Crippen LogP contribution < -0.4 is 5.73 Å². The van der Waals surface area contributed by atoms with Crippen LogP contribution in [0, 0.1) is 11.7 Å². The topological polar surface area (TPSA) is 26.0 Å². The molecule has 0 aliphatic heterocycles. The summed E-state index contributed by atoms with van der Waals surface area (Å²) in [5.41, 5.74) is 5.96. The molecule has 0 fully saturated rings. The number of thioether (sulfide) groups is 1. The minimum absolute atomic E-state index is 0.204. The summed E-state index contributed by atoms with van der Waals surface area (Å²) in [6.45, 7) is 4.41. The van der Waals surface area contributed by atoms with Gasteiger partial charge >= 0.3 is 0 Å². The van der Waals surface area contributed by atoms with Crippen LogP contribution in [0.5, 0.6) is 0 Å². The van der Waals surface area contributed by atoms with Gasteiger partial charge < -0.3 is 5.73 Å². The molecule has 0 saturated heterocycles. The predicted octanol–water partition coefficient (Wildman–Crippen LogP) is 3.94. The van der Waals surface area contributed by atoms with Crippen molar-refractivity contribution in [2.24, 2.45) is 5.92 Å². The molecule has 15 heavy (non-hydrogen) atoms. The molecule has 0 saturated carbocycles. The smallest absolute Gasteiger partial charge is 0.138 e. The van der Waals surface area contributed by atoms with Crippen LogP contribution in [0.2, 0.25) is 0 Å². The Hall–Kier alpha value is -0.700. The molecule has 0 aromatic heterocycles. The molecule has 84 valence electrons. The summed E-state index contributed by atoms with van der Waals surface area (Å²) in [4.78, 5) is 0.702. The fourth-order valence-corrected chi connectivity index (χ4v) is 2.20. The van der Waals surface area contributed by atoms with Crippen molar-refractivity contribution < 1.29 is 4.39 Å². The Balaban J connectivity index is 2.37. The first-order valence-electron chi connectivity index (χ1n) is 5.27. The zero-order chi connectivity index (χ0) is 11.3. The number of hydrogen-bond acceptors (Lipinski definition) is 2. The summed E-state index contributed by atoms with van der Waals surface area (Å²) in [7, 11) is 0. The summed E-state index contributed by atoms with van der Waals surface area (Å²) in [5, 5.41) is 0. The second-order valence-corrected chi connectivity index (χ2v) is 5.21. The Kier molecular flexibility index (Phi) is 4.95. The molecule has 1 aromatic rings. The number of nitrogens with two attached hydrogens (primary N) is 1. The molecule has 0 spiro atoms. The molecule has 0 aliphatic carbocycles. The van der Waals surface area contributed by atoms with Gasteiger partial charge in [0.25, 0.3) is 0 Å². The number of anilines is 1. The third-order valence-electron chi connectivity index (χ3n) is 2.14. The monoisotopic (exact) mass is 227 g/mol. The average molecular weight is 227 g/mol. The Morgan fingerprint density at radius 1 is 1.40 bits per heavy atom. The fourth-order valence-electron chi connectivity index (χ4n) is 1.31. The second kappa shape index (κ2) is 6.01. The molecule has 2 N–H and O–H groups in total. The van der Waals surface area contributed by atoms with E-state index in [-0.39, 0.29) is 5.82 Å². The number of rotatable bonds is 5. The summed E-state index contributed by atoms with van der Waals surface area (Å²) in [5.74, 6) is 1.49. The molecule has 0 bridgehead atoms. The Morgan fingerprint density at radius 3 is 2.73 bits per heavy atom. The molecule has 0 unspecified atom stereocenters. The largest absolute Gasteiger partial charge is 0.399 e. The maximum Gasteiger partial charge on any atom is 0.138 e. The zero-order valence-electron chi connectivity index (χ0n) is 9.29. The van der Waals surface area contributed by atoms with Gasteiger partial charge in [-0.3, -0.25) is 0 Å². The van der Waals surface area contributed by atoms with Crippen molar-refractivity contribution in [3.8, 4) is 0 Å². The normalized spacial score (nSPS) is 10.9. The van der Waals surface area contributed by atoms with Crippen molar-refractivity contribution in [1.29, 1.82) is 0 Å². The maximum absolute atomic E-state index is 13.3. The highest BCUT2D eigenvalue weighted by Gasteiger charge is 2.03. The van der Waals surface area contributed by atoms with Crippen molar-refractivity contribution >= 4 is 17.4 Å². The van der Waals surface area contributed by atoms with Gasteiger partial charge in [-0.1, -0.05) is 20.3 Å². The molecule has 0 atom stereocenters. The van der Waals surface area contributed by atoms with E-state index in [1.54, 1.807) is 23.9 Å². The molecule has 1 aromatic carbocycles. The molecule has 0 radical (unpaired) electrons. The van der Waals surface area contributed by atoms with Crippen molar-refractivity contribution in [3.63, 3.8) is 0 Å². The minimum Gasteiger partial charge on any atom is -0.399 e. The zero-order valence-corrected chi connectivity index (χ0v) is 10.1. The average Bonchev–Trinajstić information content (AvgIpc) is 2.14. The van der Waals surface area contributed by atoms with Gasteiger partial charge in [0.2, 0.25) is 0 Å². The fraction of sp³-hybridized carbons (Fsp3) is 0.500. The Bertz CT molecular complexity index is 312. The van der Waals surface area contributed by atoms with Crippen LogP contribution in [-0.2, 0) is 0 Å². The van der Waals surface area contributed by atoms with Crippen LogP contribution >= 0.6 is 11.8 Å². The molecule has 1 rings (SSSR count). The van der Waals surface area contributed by atoms with Gasteiger partial charge in [-0.25, -0.2) is 4.39 Å². The van der Waals surface area contributed by atoms with E-state index in [0.717, 1.165) is 18.1 Å².